The van der Waals surface area contributed by atoms with Gasteiger partial charge in [0, 0.05) is 0 Å². The largest absolute Gasteiger partial charge is 0.478 e. The third-order valence-corrected chi connectivity index (χ3v) is 2.21. The molecule has 3 N–H and O–H groups in total. The average molecular weight is 233 g/mol. The van der Waals surface area contributed by atoms with Crippen LogP contribution >= 0.6 is 0 Å². The Labute approximate surface area is 89.7 Å². The zero-order chi connectivity index (χ0) is 12.5. The molecule has 0 unspecified atom stereocenters. The van der Waals surface area contributed by atoms with Gasteiger partial charge in [0.1, 0.15) is 6.04 Å². The van der Waals surface area contributed by atoms with Gasteiger partial charge in [-0.2, -0.15) is 13.2 Å². The zero-order valence-corrected chi connectivity index (χ0v) is 8.38. The lowest BCUT2D eigenvalue weighted by Gasteiger charge is -2.18. The maximum Gasteiger partial charge on any atom is 0.407 e. The van der Waals surface area contributed by atoms with Gasteiger partial charge in [-0.15, -0.1) is 0 Å². The van der Waals surface area contributed by atoms with Crippen molar-refractivity contribution in [2.75, 3.05) is 0 Å². The Balaban J connectivity index is 3.34. The summed E-state index contributed by atoms with van der Waals surface area (Å²) in [6.45, 7) is 1.43. The molecular weight excluding hydrogens is 223 g/mol. The van der Waals surface area contributed by atoms with E-state index in [1.54, 1.807) is 0 Å². The molecule has 0 saturated heterocycles. The van der Waals surface area contributed by atoms with Crippen LogP contribution in [-0.4, -0.2) is 17.3 Å². The second kappa shape index (κ2) is 4.13. The molecule has 0 aliphatic heterocycles. The van der Waals surface area contributed by atoms with Crippen molar-refractivity contribution in [2.24, 2.45) is 5.73 Å². The van der Waals surface area contributed by atoms with E-state index < -0.39 is 23.8 Å². The minimum atomic E-state index is -4.65. The smallest absolute Gasteiger partial charge is 0.407 e. The van der Waals surface area contributed by atoms with Crippen LogP contribution in [0.25, 0.3) is 0 Å². The minimum Gasteiger partial charge on any atom is -0.478 e. The molecular formula is C10H10F3NO2. The molecule has 0 fully saturated rings. The molecule has 1 rings (SSSR count). The maximum atomic E-state index is 12.4. The lowest BCUT2D eigenvalue weighted by atomic mass is 9.96. The predicted octanol–water partition coefficient (Wildman–Crippen LogP) is 2.26. The van der Waals surface area contributed by atoms with Crippen molar-refractivity contribution >= 4 is 5.97 Å². The van der Waals surface area contributed by atoms with E-state index in [9.17, 15) is 18.0 Å². The highest BCUT2D eigenvalue weighted by atomic mass is 19.4. The van der Waals surface area contributed by atoms with E-state index in [2.05, 4.69) is 0 Å². The topological polar surface area (TPSA) is 63.3 Å². The van der Waals surface area contributed by atoms with Gasteiger partial charge in [-0.25, -0.2) is 4.79 Å². The summed E-state index contributed by atoms with van der Waals surface area (Å²) in [6.07, 6.45) is -4.65. The Hall–Kier alpha value is -1.56. The first-order valence-corrected chi connectivity index (χ1v) is 4.40. The molecule has 0 heterocycles. The Kier molecular flexibility index (Phi) is 3.23. The second-order valence-electron chi connectivity index (χ2n) is 3.36. The van der Waals surface area contributed by atoms with Gasteiger partial charge in [0.05, 0.1) is 5.56 Å². The minimum absolute atomic E-state index is 0.254. The van der Waals surface area contributed by atoms with Crippen molar-refractivity contribution in [3.63, 3.8) is 0 Å². The molecule has 1 atom stereocenters. The van der Waals surface area contributed by atoms with Crippen LogP contribution in [0.15, 0.2) is 18.2 Å². The zero-order valence-electron chi connectivity index (χ0n) is 8.38. The number of aryl methyl sites for hydroxylation is 1. The van der Waals surface area contributed by atoms with Crippen molar-refractivity contribution in [3.8, 4) is 0 Å². The number of hydrogen-bond donors (Lipinski definition) is 2. The summed E-state index contributed by atoms with van der Waals surface area (Å²) in [7, 11) is 0. The summed E-state index contributed by atoms with van der Waals surface area (Å²) in [5, 5.41) is 8.84. The molecule has 1 aromatic carbocycles. The van der Waals surface area contributed by atoms with Crippen LogP contribution in [0, 0.1) is 6.92 Å². The van der Waals surface area contributed by atoms with Crippen LogP contribution in [-0.2, 0) is 0 Å². The van der Waals surface area contributed by atoms with E-state index in [-0.39, 0.29) is 11.1 Å². The third-order valence-electron chi connectivity index (χ3n) is 2.21. The van der Waals surface area contributed by atoms with Crippen molar-refractivity contribution < 1.29 is 23.1 Å². The Morgan fingerprint density at radius 3 is 2.44 bits per heavy atom. The van der Waals surface area contributed by atoms with Crippen molar-refractivity contribution in [1.82, 2.24) is 0 Å². The van der Waals surface area contributed by atoms with Gasteiger partial charge in [0.15, 0.2) is 0 Å². The number of carboxylic acid groups (broad SMARTS) is 1. The number of alkyl halides is 3. The molecule has 88 valence electrons. The molecule has 6 heteroatoms. The molecule has 0 aromatic heterocycles. The predicted molar refractivity (Wildman–Crippen MR) is 51.1 cm³/mol. The van der Waals surface area contributed by atoms with Crippen molar-refractivity contribution in [2.45, 2.75) is 19.1 Å². The summed E-state index contributed by atoms with van der Waals surface area (Å²) >= 11 is 0. The highest BCUT2D eigenvalue weighted by Gasteiger charge is 2.39. The van der Waals surface area contributed by atoms with E-state index in [0.717, 1.165) is 6.07 Å². The molecule has 0 radical (unpaired) electrons. The summed E-state index contributed by atoms with van der Waals surface area (Å²) in [4.78, 5) is 10.9. The number of rotatable bonds is 2. The van der Waals surface area contributed by atoms with E-state index in [1.807, 2.05) is 0 Å². The number of benzene rings is 1. The molecule has 0 spiro atoms. The van der Waals surface area contributed by atoms with Crippen LogP contribution < -0.4 is 5.73 Å². The lowest BCUT2D eigenvalue weighted by molar-refractivity contribution is -0.149. The van der Waals surface area contributed by atoms with Gasteiger partial charge in [-0.3, -0.25) is 0 Å². The molecule has 16 heavy (non-hydrogen) atoms. The Bertz CT molecular complexity index is 415. The number of nitrogens with two attached hydrogens (primary N) is 1. The molecule has 0 aliphatic rings. The first-order valence-electron chi connectivity index (χ1n) is 4.40. The summed E-state index contributed by atoms with van der Waals surface area (Å²) < 4.78 is 37.2. The highest BCUT2D eigenvalue weighted by Crippen LogP contribution is 2.33. The number of aromatic carboxylic acids is 1. The number of hydrogen-bond acceptors (Lipinski definition) is 2. The maximum absolute atomic E-state index is 12.4. The first-order chi connectivity index (χ1) is 7.25. The quantitative estimate of drug-likeness (QED) is 0.823. The van der Waals surface area contributed by atoms with Gasteiger partial charge in [0.2, 0.25) is 0 Å². The monoisotopic (exact) mass is 233 g/mol. The van der Waals surface area contributed by atoms with Crippen molar-refractivity contribution in [3.05, 3.63) is 34.9 Å². The van der Waals surface area contributed by atoms with Crippen LogP contribution in [0.1, 0.15) is 27.5 Å². The fourth-order valence-corrected chi connectivity index (χ4v) is 1.42. The van der Waals surface area contributed by atoms with Crippen LogP contribution in [0.5, 0.6) is 0 Å². The van der Waals surface area contributed by atoms with E-state index in [1.165, 1.54) is 19.1 Å². The van der Waals surface area contributed by atoms with E-state index in [4.69, 9.17) is 10.8 Å². The van der Waals surface area contributed by atoms with Crippen LogP contribution in [0.4, 0.5) is 13.2 Å². The highest BCUT2D eigenvalue weighted by molar-refractivity contribution is 5.91. The second-order valence-corrected chi connectivity index (χ2v) is 3.36. The van der Waals surface area contributed by atoms with E-state index >= 15 is 0 Å². The first kappa shape index (κ1) is 12.5. The lowest BCUT2D eigenvalue weighted by Crippen LogP contribution is -2.30. The molecule has 0 amide bonds. The normalized spacial score (nSPS) is 13.6. The summed E-state index contributed by atoms with van der Waals surface area (Å²) in [5.74, 6) is -1.41. The molecule has 0 saturated carbocycles. The third kappa shape index (κ3) is 2.33. The number of carboxylic acids is 1. The SMILES string of the molecule is Cc1cccc([C@H](N)C(F)(F)F)c1C(=O)O. The van der Waals surface area contributed by atoms with Crippen LogP contribution in [0.2, 0.25) is 0 Å². The molecule has 1 aromatic rings. The fourth-order valence-electron chi connectivity index (χ4n) is 1.42. The van der Waals surface area contributed by atoms with Gasteiger partial charge in [-0.05, 0) is 18.1 Å². The Morgan fingerprint density at radius 2 is 2.00 bits per heavy atom. The van der Waals surface area contributed by atoms with Crippen molar-refractivity contribution in [1.29, 1.82) is 0 Å². The van der Waals surface area contributed by atoms with Gasteiger partial charge in [-0.1, -0.05) is 18.2 Å². The van der Waals surface area contributed by atoms with Gasteiger partial charge in [0.25, 0.3) is 0 Å². The molecule has 3 nitrogen and oxygen atoms in total. The average Bonchev–Trinajstić information content (AvgIpc) is 2.14. The Morgan fingerprint density at radius 1 is 1.44 bits per heavy atom. The summed E-state index contributed by atoms with van der Waals surface area (Å²) in [5.41, 5.74) is 4.45. The van der Waals surface area contributed by atoms with E-state index in [0.29, 0.717) is 0 Å². The van der Waals surface area contributed by atoms with Gasteiger partial charge < -0.3 is 10.8 Å². The number of halogens is 3. The summed E-state index contributed by atoms with van der Waals surface area (Å²) in [6, 6.07) is 1.58. The molecule has 0 bridgehead atoms. The fraction of sp³-hybridized carbons (Fsp3) is 0.300. The van der Waals surface area contributed by atoms with Gasteiger partial charge >= 0.3 is 12.1 Å². The number of carbonyl (C=O) groups is 1. The van der Waals surface area contributed by atoms with Crippen LogP contribution in [0.3, 0.4) is 0 Å². The molecule has 0 aliphatic carbocycles. The standard InChI is InChI=1S/C10H10F3NO2/c1-5-3-2-4-6(7(5)9(15)16)8(14)10(11,12)13/h2-4,8H,14H2,1H3,(H,15,16)/t8-/m0/s1.